The van der Waals surface area contributed by atoms with Crippen molar-refractivity contribution in [2.75, 3.05) is 31.3 Å². The van der Waals surface area contributed by atoms with Gasteiger partial charge in [-0.2, -0.15) is 4.31 Å². The van der Waals surface area contributed by atoms with E-state index >= 15 is 0 Å². The van der Waals surface area contributed by atoms with Gasteiger partial charge in [0.25, 0.3) is 0 Å². The number of halogens is 2. The van der Waals surface area contributed by atoms with Crippen LogP contribution >= 0.6 is 27.7 Å². The van der Waals surface area contributed by atoms with Gasteiger partial charge in [0, 0.05) is 17.6 Å². The molecular weight excluding hydrogens is 595 g/mol. The van der Waals surface area contributed by atoms with E-state index in [0.29, 0.717) is 45.2 Å². The summed E-state index contributed by atoms with van der Waals surface area (Å²) in [6.45, 7) is 4.27. The first kappa shape index (κ1) is 28.1. The first-order chi connectivity index (χ1) is 18.2. The number of carbonyl (C=O) groups is 1. The Kier molecular flexibility index (Phi) is 8.76. The second kappa shape index (κ2) is 11.9. The van der Waals surface area contributed by atoms with E-state index in [1.165, 1.54) is 22.5 Å². The third-order valence-corrected chi connectivity index (χ3v) is 9.28. The molecule has 0 unspecified atom stereocenters. The topological polar surface area (TPSA) is 93.5 Å². The standard InChI is InChI=1S/C26H26BrFN4O4S2/c1-4-31(5-2)38(34,35)18-11-13-22-21(15-18)30-26(32(22)23-8-6-7-9-24(23)36-3)37-16-25(33)29-20-12-10-17(27)14-19(20)28/h6-15H,4-5,16H2,1-3H3,(H,29,33). The SMILES string of the molecule is CCN(CC)S(=O)(=O)c1ccc2c(c1)nc(SCC(=O)Nc1ccc(Br)cc1F)n2-c1ccccc1OC. The van der Waals surface area contributed by atoms with Crippen LogP contribution in [0.25, 0.3) is 16.7 Å². The molecule has 0 aliphatic heterocycles. The Morgan fingerprint density at radius 1 is 1.13 bits per heavy atom. The fourth-order valence-electron chi connectivity index (χ4n) is 3.96. The smallest absolute Gasteiger partial charge is 0.243 e. The number of hydrogen-bond donors (Lipinski definition) is 1. The molecule has 0 spiro atoms. The maximum absolute atomic E-state index is 14.2. The number of nitrogens with one attached hydrogen (secondary N) is 1. The summed E-state index contributed by atoms with van der Waals surface area (Å²) < 4.78 is 49.7. The van der Waals surface area contributed by atoms with Crippen LogP contribution in [-0.4, -0.2) is 54.1 Å². The lowest BCUT2D eigenvalue weighted by Crippen LogP contribution is -2.30. The average molecular weight is 622 g/mol. The van der Waals surface area contributed by atoms with E-state index in [9.17, 15) is 17.6 Å². The van der Waals surface area contributed by atoms with Gasteiger partial charge in [-0.1, -0.05) is 53.7 Å². The fraction of sp³-hybridized carbons (Fsp3) is 0.231. The van der Waals surface area contributed by atoms with Crippen molar-refractivity contribution >= 4 is 60.3 Å². The van der Waals surface area contributed by atoms with Crippen molar-refractivity contribution in [1.82, 2.24) is 13.9 Å². The Bertz CT molecular complexity index is 1590. The number of hydrogen-bond acceptors (Lipinski definition) is 6. The number of fused-ring (bicyclic) bond motifs is 1. The second-order valence-corrected chi connectivity index (χ2v) is 11.9. The number of carbonyl (C=O) groups excluding carboxylic acids is 1. The van der Waals surface area contributed by atoms with Gasteiger partial charge in [0.2, 0.25) is 15.9 Å². The second-order valence-electron chi connectivity index (χ2n) is 8.10. The van der Waals surface area contributed by atoms with Crippen molar-refractivity contribution < 1.29 is 22.3 Å². The van der Waals surface area contributed by atoms with Gasteiger partial charge in [-0.25, -0.2) is 17.8 Å². The molecule has 0 radical (unpaired) electrons. The molecule has 1 N–H and O–H groups in total. The van der Waals surface area contributed by atoms with E-state index in [-0.39, 0.29) is 16.3 Å². The molecule has 0 aliphatic rings. The van der Waals surface area contributed by atoms with Crippen LogP contribution in [0, 0.1) is 5.82 Å². The third kappa shape index (κ3) is 5.73. The van der Waals surface area contributed by atoms with Crippen LogP contribution < -0.4 is 10.1 Å². The lowest BCUT2D eigenvalue weighted by molar-refractivity contribution is -0.113. The molecule has 200 valence electrons. The highest BCUT2D eigenvalue weighted by atomic mass is 79.9. The first-order valence-electron chi connectivity index (χ1n) is 11.7. The monoisotopic (exact) mass is 620 g/mol. The van der Waals surface area contributed by atoms with Crippen LogP contribution in [0.3, 0.4) is 0 Å². The molecule has 8 nitrogen and oxygen atoms in total. The Hall–Kier alpha value is -2.93. The summed E-state index contributed by atoms with van der Waals surface area (Å²) in [5.41, 5.74) is 1.85. The molecule has 38 heavy (non-hydrogen) atoms. The molecule has 0 saturated heterocycles. The average Bonchev–Trinajstić information content (AvgIpc) is 3.27. The molecule has 0 atom stereocenters. The van der Waals surface area contributed by atoms with Gasteiger partial charge in [-0.3, -0.25) is 9.36 Å². The number of methoxy groups -OCH3 is 1. The van der Waals surface area contributed by atoms with Crippen LogP contribution in [0.2, 0.25) is 0 Å². The summed E-state index contributed by atoms with van der Waals surface area (Å²) in [4.78, 5) is 17.5. The molecule has 1 amide bonds. The predicted molar refractivity (Wildman–Crippen MR) is 151 cm³/mol. The molecule has 0 fully saturated rings. The van der Waals surface area contributed by atoms with Crippen molar-refractivity contribution in [3.63, 3.8) is 0 Å². The van der Waals surface area contributed by atoms with Crippen molar-refractivity contribution in [3.8, 4) is 11.4 Å². The van der Waals surface area contributed by atoms with E-state index in [0.717, 1.165) is 11.8 Å². The number of benzene rings is 3. The summed E-state index contributed by atoms with van der Waals surface area (Å²) in [5.74, 6) is -0.450. The highest BCUT2D eigenvalue weighted by Gasteiger charge is 2.24. The van der Waals surface area contributed by atoms with E-state index in [1.54, 1.807) is 45.2 Å². The van der Waals surface area contributed by atoms with Gasteiger partial charge in [0.15, 0.2) is 5.16 Å². The van der Waals surface area contributed by atoms with Crippen molar-refractivity contribution in [1.29, 1.82) is 0 Å². The summed E-state index contributed by atoms with van der Waals surface area (Å²) in [5, 5.41) is 3.03. The molecule has 0 aliphatic carbocycles. The molecule has 0 bridgehead atoms. The van der Waals surface area contributed by atoms with E-state index in [1.807, 2.05) is 22.8 Å². The number of para-hydroxylation sites is 2. The molecular formula is C26H26BrFN4O4S2. The number of thioether (sulfide) groups is 1. The number of aromatic nitrogens is 2. The number of anilines is 1. The van der Waals surface area contributed by atoms with E-state index < -0.39 is 21.7 Å². The fourth-order valence-corrected chi connectivity index (χ4v) is 6.60. The predicted octanol–water partition coefficient (Wildman–Crippen LogP) is 5.70. The van der Waals surface area contributed by atoms with E-state index in [2.05, 4.69) is 26.2 Å². The largest absolute Gasteiger partial charge is 0.495 e. The number of ether oxygens (including phenoxy) is 1. The zero-order valence-electron chi connectivity index (χ0n) is 20.9. The molecule has 0 saturated carbocycles. The molecule has 1 heterocycles. The van der Waals surface area contributed by atoms with Gasteiger partial charge >= 0.3 is 0 Å². The highest BCUT2D eigenvalue weighted by molar-refractivity contribution is 9.10. The Balaban J connectivity index is 1.73. The highest BCUT2D eigenvalue weighted by Crippen LogP contribution is 2.34. The molecule has 12 heteroatoms. The summed E-state index contributed by atoms with van der Waals surface area (Å²) in [6, 6.07) is 16.5. The first-order valence-corrected chi connectivity index (χ1v) is 14.9. The molecule has 3 aromatic carbocycles. The lowest BCUT2D eigenvalue weighted by Gasteiger charge is -2.18. The number of imidazole rings is 1. The van der Waals surface area contributed by atoms with Crippen LogP contribution in [-0.2, 0) is 14.8 Å². The minimum absolute atomic E-state index is 0.0570. The normalized spacial score (nSPS) is 11.7. The number of sulfonamides is 1. The van der Waals surface area contributed by atoms with Crippen molar-refractivity contribution in [2.24, 2.45) is 0 Å². The summed E-state index contributed by atoms with van der Waals surface area (Å²) in [7, 11) is -2.14. The van der Waals surface area contributed by atoms with Crippen LogP contribution in [0.1, 0.15) is 13.8 Å². The lowest BCUT2D eigenvalue weighted by atomic mass is 10.2. The number of amides is 1. The van der Waals surface area contributed by atoms with Gasteiger partial charge in [0.05, 0.1) is 40.2 Å². The van der Waals surface area contributed by atoms with Crippen LogP contribution in [0.15, 0.2) is 75.2 Å². The number of rotatable bonds is 10. The zero-order chi connectivity index (χ0) is 27.4. The zero-order valence-corrected chi connectivity index (χ0v) is 24.2. The van der Waals surface area contributed by atoms with Gasteiger partial charge in [-0.15, -0.1) is 0 Å². The molecule has 1 aromatic heterocycles. The molecule has 4 aromatic rings. The van der Waals surface area contributed by atoms with E-state index in [4.69, 9.17) is 4.74 Å². The third-order valence-electron chi connectivity index (χ3n) is 5.80. The maximum Gasteiger partial charge on any atom is 0.243 e. The Morgan fingerprint density at radius 2 is 1.87 bits per heavy atom. The minimum Gasteiger partial charge on any atom is -0.495 e. The summed E-state index contributed by atoms with van der Waals surface area (Å²) in [6.07, 6.45) is 0. The summed E-state index contributed by atoms with van der Waals surface area (Å²) >= 11 is 4.34. The van der Waals surface area contributed by atoms with Crippen LogP contribution in [0.5, 0.6) is 5.75 Å². The van der Waals surface area contributed by atoms with Crippen molar-refractivity contribution in [2.45, 2.75) is 23.9 Å². The van der Waals surface area contributed by atoms with Gasteiger partial charge in [-0.05, 0) is 48.5 Å². The number of nitrogens with zero attached hydrogens (tertiary/aromatic N) is 3. The minimum atomic E-state index is -3.69. The Labute approximate surface area is 233 Å². The quantitative estimate of drug-likeness (QED) is 0.229. The molecule has 4 rings (SSSR count). The van der Waals surface area contributed by atoms with Gasteiger partial charge in [0.1, 0.15) is 11.6 Å². The Morgan fingerprint density at radius 3 is 2.55 bits per heavy atom. The van der Waals surface area contributed by atoms with Gasteiger partial charge < -0.3 is 10.1 Å². The maximum atomic E-state index is 14.2. The van der Waals surface area contributed by atoms with Crippen molar-refractivity contribution in [3.05, 3.63) is 71.0 Å². The van der Waals surface area contributed by atoms with Crippen LogP contribution in [0.4, 0.5) is 10.1 Å².